The maximum Gasteiger partial charge on any atom is 0.334 e. The van der Waals surface area contributed by atoms with Crippen molar-refractivity contribution in [1.82, 2.24) is 0 Å². The Labute approximate surface area is 169 Å². The second-order valence-corrected chi connectivity index (χ2v) is 19.0. The van der Waals surface area contributed by atoms with Crippen LogP contribution in [0.2, 0.25) is 22.2 Å². The van der Waals surface area contributed by atoms with E-state index in [0.29, 0.717) is 24.1 Å². The quantitative estimate of drug-likeness (QED) is 0.364. The second kappa shape index (κ2) is 9.90. The number of ether oxygens (including phenoxy) is 2. The van der Waals surface area contributed by atoms with Crippen molar-refractivity contribution in [2.45, 2.75) is 102 Å². The highest BCUT2D eigenvalue weighted by molar-refractivity contribution is 7.20. The lowest BCUT2D eigenvalue weighted by molar-refractivity contribution is -0.0192. The lowest BCUT2D eigenvalue weighted by Gasteiger charge is -2.47. The number of methoxy groups -OCH3 is 1. The lowest BCUT2D eigenvalue weighted by atomic mass is 9.96. The van der Waals surface area contributed by atoms with Gasteiger partial charge >= 0.3 is 8.56 Å². The topological polar surface area (TPSA) is 36.9 Å². The molecule has 0 saturated carbocycles. The number of halogens is 1. The standard InChI is InChI=1S/C18H38BClO4Si2/c1-12(2)25(20,13(3)4)24-26(14(5)6,15(7)8)23-16-10-18(19)22-17(16)11-21-9/h12-18H,10-11H2,1-9H3. The van der Waals surface area contributed by atoms with Crippen molar-refractivity contribution in [1.29, 1.82) is 0 Å². The molecule has 1 fully saturated rings. The zero-order chi connectivity index (χ0) is 20.3. The van der Waals surface area contributed by atoms with Gasteiger partial charge in [0, 0.05) is 13.1 Å². The van der Waals surface area contributed by atoms with Gasteiger partial charge in [0.15, 0.2) is 0 Å². The van der Waals surface area contributed by atoms with Gasteiger partial charge in [0.25, 0.3) is 7.63 Å². The Hall–Kier alpha value is 0.629. The fourth-order valence-corrected chi connectivity index (χ4v) is 14.7. The van der Waals surface area contributed by atoms with Crippen LogP contribution in [0.25, 0.3) is 0 Å². The first-order chi connectivity index (χ1) is 11.9. The Balaban J connectivity index is 3.22. The molecule has 0 aromatic heterocycles. The number of hydrogen-bond acceptors (Lipinski definition) is 4. The fourth-order valence-electron chi connectivity index (χ4n) is 3.77. The van der Waals surface area contributed by atoms with E-state index in [9.17, 15) is 0 Å². The van der Waals surface area contributed by atoms with Crippen molar-refractivity contribution in [2.75, 3.05) is 13.7 Å². The van der Waals surface area contributed by atoms with E-state index in [1.807, 2.05) is 0 Å². The van der Waals surface area contributed by atoms with Crippen LogP contribution in [0, 0.1) is 0 Å². The SMILES string of the molecule is [B]C1CC(O[Si](O[Si](Cl)(C(C)C)C(C)C)(C(C)C)C(C)C)C(COC)O1. The fraction of sp³-hybridized carbons (Fsp3) is 1.00. The van der Waals surface area contributed by atoms with Gasteiger partial charge in [-0.3, -0.25) is 0 Å². The van der Waals surface area contributed by atoms with Gasteiger partial charge in [0.2, 0.25) is 0 Å². The summed E-state index contributed by atoms with van der Waals surface area (Å²) in [6.07, 6.45) is 0.384. The number of hydrogen-bond donors (Lipinski definition) is 0. The summed E-state index contributed by atoms with van der Waals surface area (Å²) in [5.74, 6) is 0. The molecule has 1 saturated heterocycles. The molecule has 4 nitrogen and oxygen atoms in total. The smallest absolute Gasteiger partial charge is 0.334 e. The van der Waals surface area contributed by atoms with Gasteiger partial charge in [-0.25, -0.2) is 0 Å². The molecule has 2 radical (unpaired) electrons. The first kappa shape index (κ1) is 24.7. The predicted octanol–water partition coefficient (Wildman–Crippen LogP) is 5.08. The molecule has 1 aliphatic rings. The van der Waals surface area contributed by atoms with Crippen LogP contribution in [0.5, 0.6) is 0 Å². The molecule has 3 atom stereocenters. The van der Waals surface area contributed by atoms with Crippen LogP contribution in [0.1, 0.15) is 61.8 Å². The van der Waals surface area contributed by atoms with Gasteiger partial charge in [-0.05, 0) is 28.6 Å². The molecule has 1 rings (SSSR count). The van der Waals surface area contributed by atoms with Crippen molar-refractivity contribution in [3.63, 3.8) is 0 Å². The molecule has 0 aromatic carbocycles. The Morgan fingerprint density at radius 3 is 1.88 bits per heavy atom. The van der Waals surface area contributed by atoms with E-state index < -0.39 is 16.2 Å². The van der Waals surface area contributed by atoms with Gasteiger partial charge in [0.1, 0.15) is 14.0 Å². The third-order valence-corrected chi connectivity index (χ3v) is 18.3. The van der Waals surface area contributed by atoms with Crippen LogP contribution in [0.3, 0.4) is 0 Å². The molecule has 0 bridgehead atoms. The first-order valence-electron chi connectivity index (χ1n) is 9.87. The zero-order valence-corrected chi connectivity index (χ0v) is 20.8. The molecular formula is C18H38BClO4Si2. The van der Waals surface area contributed by atoms with E-state index in [2.05, 4.69) is 55.4 Å². The van der Waals surface area contributed by atoms with Crippen LogP contribution in [0.4, 0.5) is 0 Å². The Morgan fingerprint density at radius 2 is 1.50 bits per heavy atom. The summed E-state index contributed by atoms with van der Waals surface area (Å²) in [5.41, 5.74) is 1.14. The molecule has 8 heteroatoms. The van der Waals surface area contributed by atoms with Gasteiger partial charge in [-0.15, -0.1) is 11.1 Å². The second-order valence-electron chi connectivity index (χ2n) is 8.70. The summed E-state index contributed by atoms with van der Waals surface area (Å²) in [5, 5.41) is 0. The molecule has 26 heavy (non-hydrogen) atoms. The summed E-state index contributed by atoms with van der Waals surface area (Å²) in [6, 6.07) is -0.320. The predicted molar refractivity (Wildman–Crippen MR) is 115 cm³/mol. The van der Waals surface area contributed by atoms with E-state index in [-0.39, 0.29) is 29.3 Å². The maximum atomic E-state index is 7.18. The van der Waals surface area contributed by atoms with Crippen LogP contribution in [-0.2, 0) is 18.0 Å². The Bertz CT molecular complexity index is 421. The monoisotopic (exact) mass is 420 g/mol. The zero-order valence-electron chi connectivity index (χ0n) is 18.0. The van der Waals surface area contributed by atoms with E-state index in [1.54, 1.807) is 7.11 Å². The normalized spacial score (nSPS) is 25.2. The minimum absolute atomic E-state index is 0.115. The summed E-state index contributed by atoms with van der Waals surface area (Å²) >= 11 is 7.18. The molecule has 0 amide bonds. The molecular weight excluding hydrogens is 383 g/mol. The molecule has 1 aliphatic heterocycles. The van der Waals surface area contributed by atoms with Crippen LogP contribution >= 0.6 is 11.1 Å². The largest absolute Gasteiger partial charge is 0.423 e. The molecule has 152 valence electrons. The van der Waals surface area contributed by atoms with E-state index >= 15 is 0 Å². The van der Waals surface area contributed by atoms with Crippen molar-refractivity contribution in [3.05, 3.63) is 0 Å². The summed E-state index contributed by atoms with van der Waals surface area (Å²) in [4.78, 5) is 0. The molecule has 0 aliphatic carbocycles. The molecule has 0 aromatic rings. The van der Waals surface area contributed by atoms with Crippen LogP contribution in [0.15, 0.2) is 0 Å². The van der Waals surface area contributed by atoms with Crippen LogP contribution < -0.4 is 0 Å². The maximum absolute atomic E-state index is 7.18. The van der Waals surface area contributed by atoms with E-state index in [4.69, 9.17) is 36.9 Å². The van der Waals surface area contributed by atoms with Crippen molar-refractivity contribution in [2.24, 2.45) is 0 Å². The average Bonchev–Trinajstić information content (AvgIpc) is 2.85. The van der Waals surface area contributed by atoms with E-state index in [0.717, 1.165) is 0 Å². The highest BCUT2D eigenvalue weighted by Crippen LogP contribution is 2.46. The van der Waals surface area contributed by atoms with Gasteiger partial charge < -0.3 is 18.0 Å². The van der Waals surface area contributed by atoms with Gasteiger partial charge in [0.05, 0.1) is 12.7 Å². The Kier molecular flexibility index (Phi) is 9.39. The highest BCUT2D eigenvalue weighted by atomic mass is 35.6. The minimum atomic E-state index is -2.64. The summed E-state index contributed by atoms with van der Waals surface area (Å²) in [7, 11) is 2.58. The van der Waals surface area contributed by atoms with Crippen molar-refractivity contribution >= 4 is 35.1 Å². The molecule has 0 spiro atoms. The summed E-state index contributed by atoms with van der Waals surface area (Å²) < 4.78 is 24.9. The molecule has 1 heterocycles. The Morgan fingerprint density at radius 1 is 1.00 bits per heavy atom. The lowest BCUT2D eigenvalue weighted by Crippen LogP contribution is -2.59. The summed E-state index contributed by atoms with van der Waals surface area (Å²) in [6.45, 7) is 17.9. The van der Waals surface area contributed by atoms with Crippen LogP contribution in [-0.4, -0.2) is 56.0 Å². The van der Waals surface area contributed by atoms with Gasteiger partial charge in [-0.1, -0.05) is 55.4 Å². The third-order valence-electron chi connectivity index (χ3n) is 5.40. The van der Waals surface area contributed by atoms with Crippen molar-refractivity contribution in [3.8, 4) is 0 Å². The first-order valence-corrected chi connectivity index (χ1v) is 14.9. The molecule has 0 N–H and O–H groups in total. The average molecular weight is 421 g/mol. The van der Waals surface area contributed by atoms with Crippen molar-refractivity contribution < 1.29 is 18.0 Å². The van der Waals surface area contributed by atoms with Gasteiger partial charge in [-0.2, -0.15) is 0 Å². The van der Waals surface area contributed by atoms with E-state index in [1.165, 1.54) is 0 Å². The third kappa shape index (κ3) is 5.36. The number of rotatable bonds is 10. The minimum Gasteiger partial charge on any atom is -0.423 e. The molecule has 3 unspecified atom stereocenters. The highest BCUT2D eigenvalue weighted by Gasteiger charge is 2.56.